The van der Waals surface area contributed by atoms with Gasteiger partial charge in [-0.25, -0.2) is 17.9 Å². The van der Waals surface area contributed by atoms with Crippen LogP contribution in [0.25, 0.3) is 10.8 Å². The highest BCUT2D eigenvalue weighted by Gasteiger charge is 2.33. The van der Waals surface area contributed by atoms with Crippen LogP contribution in [0.4, 0.5) is 10.5 Å². The van der Waals surface area contributed by atoms with E-state index in [2.05, 4.69) is 10.0 Å². The summed E-state index contributed by atoms with van der Waals surface area (Å²) >= 11 is 0. The lowest BCUT2D eigenvalue weighted by atomic mass is 9.95. The van der Waals surface area contributed by atoms with E-state index in [1.165, 1.54) is 6.07 Å². The number of carbonyl (C=O) groups excluding carboxylic acids is 2. The normalized spacial score (nSPS) is 18.1. The van der Waals surface area contributed by atoms with Crippen molar-refractivity contribution in [1.82, 2.24) is 9.62 Å². The SMILES string of the molecule is CCOC(=O)N1CC[C@@H](NS(=O)(=O)c2ccc(NC(=O)c3ccccc3C)c3ccccc23)C(C)C1. The largest absolute Gasteiger partial charge is 0.450 e. The Hall–Kier alpha value is -3.43. The molecule has 0 spiro atoms. The van der Waals surface area contributed by atoms with Crippen molar-refractivity contribution in [3.05, 3.63) is 71.8 Å². The lowest BCUT2D eigenvalue weighted by Gasteiger charge is -2.36. The van der Waals surface area contributed by atoms with E-state index in [4.69, 9.17) is 4.74 Å². The number of nitrogens with one attached hydrogen (secondary N) is 2. The van der Waals surface area contributed by atoms with Gasteiger partial charge >= 0.3 is 6.09 Å². The Morgan fingerprint density at radius 3 is 2.42 bits per heavy atom. The van der Waals surface area contributed by atoms with Gasteiger partial charge in [0.1, 0.15) is 0 Å². The predicted octanol–water partition coefficient (Wildman–Crippen LogP) is 4.55. The second-order valence-corrected chi connectivity index (χ2v) is 10.7. The molecule has 2 amide bonds. The Morgan fingerprint density at radius 1 is 1.03 bits per heavy atom. The summed E-state index contributed by atoms with van der Waals surface area (Å²) in [5.41, 5.74) is 1.95. The van der Waals surface area contributed by atoms with E-state index in [0.29, 0.717) is 48.1 Å². The molecule has 2 N–H and O–H groups in total. The average molecular weight is 510 g/mol. The predicted molar refractivity (Wildman–Crippen MR) is 140 cm³/mol. The van der Waals surface area contributed by atoms with Crippen molar-refractivity contribution in [2.45, 2.75) is 38.1 Å². The molecule has 1 aliphatic rings. The first-order valence-corrected chi connectivity index (χ1v) is 13.5. The Kier molecular flexibility index (Phi) is 7.61. The minimum Gasteiger partial charge on any atom is -0.450 e. The van der Waals surface area contributed by atoms with Gasteiger partial charge in [-0.05, 0) is 49.9 Å². The molecule has 0 aromatic heterocycles. The number of likely N-dealkylation sites (tertiary alicyclic amines) is 1. The number of ether oxygens (including phenoxy) is 1. The van der Waals surface area contributed by atoms with Crippen LogP contribution < -0.4 is 10.0 Å². The third-order valence-corrected chi connectivity index (χ3v) is 8.10. The van der Waals surface area contributed by atoms with Crippen LogP contribution in [0, 0.1) is 12.8 Å². The third kappa shape index (κ3) is 5.37. The van der Waals surface area contributed by atoms with Crippen molar-refractivity contribution in [3.8, 4) is 0 Å². The molecule has 0 saturated carbocycles. The standard InChI is InChI=1S/C27H31N3O5S/c1-4-35-27(32)30-16-15-23(19(3)17-30)29-36(33,34)25-14-13-24(21-11-7-8-12-22(21)25)28-26(31)20-10-6-5-9-18(20)2/h5-14,19,23,29H,4,15-17H2,1-3H3,(H,28,31)/t19?,23-/m1/s1. The Labute approximate surface area is 211 Å². The van der Waals surface area contributed by atoms with E-state index in [-0.39, 0.29) is 28.9 Å². The van der Waals surface area contributed by atoms with Crippen molar-refractivity contribution in [2.75, 3.05) is 25.0 Å². The number of hydrogen-bond donors (Lipinski definition) is 2. The summed E-state index contributed by atoms with van der Waals surface area (Å²) in [6, 6.07) is 17.2. The fourth-order valence-corrected chi connectivity index (χ4v) is 6.19. The molecule has 1 saturated heterocycles. The molecule has 0 aliphatic carbocycles. The number of sulfonamides is 1. The highest BCUT2D eigenvalue weighted by molar-refractivity contribution is 7.89. The molecule has 1 heterocycles. The minimum absolute atomic E-state index is 0.0862. The van der Waals surface area contributed by atoms with Crippen molar-refractivity contribution in [1.29, 1.82) is 0 Å². The lowest BCUT2D eigenvalue weighted by molar-refractivity contribution is 0.0846. The maximum atomic E-state index is 13.5. The number of hydrogen-bond acceptors (Lipinski definition) is 5. The third-order valence-electron chi connectivity index (χ3n) is 6.55. The van der Waals surface area contributed by atoms with E-state index in [9.17, 15) is 18.0 Å². The van der Waals surface area contributed by atoms with E-state index in [0.717, 1.165) is 5.56 Å². The quantitative estimate of drug-likeness (QED) is 0.507. The molecule has 4 rings (SSSR count). The van der Waals surface area contributed by atoms with Gasteiger partial charge in [-0.2, -0.15) is 0 Å². The zero-order valence-corrected chi connectivity index (χ0v) is 21.5. The van der Waals surface area contributed by atoms with Crippen LogP contribution in [0.2, 0.25) is 0 Å². The molecule has 3 aromatic rings. The van der Waals surface area contributed by atoms with Crippen LogP contribution >= 0.6 is 0 Å². The van der Waals surface area contributed by atoms with Gasteiger partial charge < -0.3 is 15.0 Å². The summed E-state index contributed by atoms with van der Waals surface area (Å²) in [6.07, 6.45) is 0.113. The number of piperidine rings is 1. The van der Waals surface area contributed by atoms with Gasteiger partial charge in [0, 0.05) is 41.2 Å². The second-order valence-electron chi connectivity index (χ2n) is 9.06. The smallest absolute Gasteiger partial charge is 0.409 e. The average Bonchev–Trinajstić information content (AvgIpc) is 2.85. The highest BCUT2D eigenvalue weighted by Crippen LogP contribution is 2.31. The summed E-state index contributed by atoms with van der Waals surface area (Å²) in [5.74, 6) is -0.342. The molecule has 1 fully saturated rings. The van der Waals surface area contributed by atoms with Gasteiger partial charge in [-0.1, -0.05) is 49.4 Å². The summed E-state index contributed by atoms with van der Waals surface area (Å²) in [5, 5.41) is 4.08. The number of aryl methyl sites for hydroxylation is 1. The Bertz CT molecular complexity index is 1390. The molecular weight excluding hydrogens is 478 g/mol. The van der Waals surface area contributed by atoms with Crippen molar-refractivity contribution in [3.63, 3.8) is 0 Å². The van der Waals surface area contributed by atoms with Crippen LogP contribution in [0.15, 0.2) is 65.6 Å². The molecule has 3 aromatic carbocycles. The zero-order valence-electron chi connectivity index (χ0n) is 20.7. The molecule has 190 valence electrons. The number of carbonyl (C=O) groups is 2. The first kappa shape index (κ1) is 25.7. The first-order valence-electron chi connectivity index (χ1n) is 12.0. The molecule has 36 heavy (non-hydrogen) atoms. The van der Waals surface area contributed by atoms with Gasteiger partial charge in [0.25, 0.3) is 5.91 Å². The monoisotopic (exact) mass is 509 g/mol. The second kappa shape index (κ2) is 10.7. The van der Waals surface area contributed by atoms with Gasteiger partial charge in [0.2, 0.25) is 10.0 Å². The van der Waals surface area contributed by atoms with Gasteiger partial charge in [-0.3, -0.25) is 4.79 Å². The molecular formula is C27H31N3O5S. The summed E-state index contributed by atoms with van der Waals surface area (Å²) in [6.45, 7) is 6.67. The fourth-order valence-electron chi connectivity index (χ4n) is 4.60. The molecule has 1 unspecified atom stereocenters. The highest BCUT2D eigenvalue weighted by atomic mass is 32.2. The van der Waals surface area contributed by atoms with Crippen molar-refractivity contribution in [2.24, 2.45) is 5.92 Å². The summed E-state index contributed by atoms with van der Waals surface area (Å²) in [4.78, 5) is 26.7. The number of benzene rings is 3. The topological polar surface area (TPSA) is 105 Å². The zero-order chi connectivity index (χ0) is 25.9. The van der Waals surface area contributed by atoms with Gasteiger partial charge in [-0.15, -0.1) is 0 Å². The molecule has 0 bridgehead atoms. The lowest BCUT2D eigenvalue weighted by Crippen LogP contribution is -2.51. The maximum absolute atomic E-state index is 13.5. The van der Waals surface area contributed by atoms with Crippen molar-refractivity contribution >= 4 is 38.5 Å². The van der Waals surface area contributed by atoms with Gasteiger partial charge in [0.05, 0.1) is 11.5 Å². The van der Waals surface area contributed by atoms with E-state index in [1.54, 1.807) is 48.2 Å². The molecule has 1 aliphatic heterocycles. The molecule has 8 nitrogen and oxygen atoms in total. The first-order chi connectivity index (χ1) is 17.2. The van der Waals surface area contributed by atoms with Crippen LogP contribution in [-0.2, 0) is 14.8 Å². The summed E-state index contributed by atoms with van der Waals surface area (Å²) < 4.78 is 34.9. The van der Waals surface area contributed by atoms with E-state index in [1.807, 2.05) is 32.0 Å². The van der Waals surface area contributed by atoms with Crippen LogP contribution in [0.1, 0.15) is 36.2 Å². The van der Waals surface area contributed by atoms with Crippen molar-refractivity contribution < 1.29 is 22.7 Å². The van der Waals surface area contributed by atoms with Crippen LogP contribution in [0.5, 0.6) is 0 Å². The number of nitrogens with zero attached hydrogens (tertiary/aromatic N) is 1. The number of rotatable bonds is 6. The maximum Gasteiger partial charge on any atom is 0.409 e. The molecule has 2 atom stereocenters. The van der Waals surface area contributed by atoms with Gasteiger partial charge in [0.15, 0.2) is 0 Å². The van der Waals surface area contributed by atoms with Crippen LogP contribution in [0.3, 0.4) is 0 Å². The summed E-state index contributed by atoms with van der Waals surface area (Å²) in [7, 11) is -3.87. The number of fused-ring (bicyclic) bond motifs is 1. The Balaban J connectivity index is 1.57. The Morgan fingerprint density at radius 2 is 1.72 bits per heavy atom. The fraction of sp³-hybridized carbons (Fsp3) is 0.333. The van der Waals surface area contributed by atoms with E-state index < -0.39 is 10.0 Å². The van der Waals surface area contributed by atoms with E-state index >= 15 is 0 Å². The number of anilines is 1. The number of amides is 2. The van der Waals surface area contributed by atoms with Crippen LogP contribution in [-0.4, -0.2) is 51.1 Å². The molecule has 0 radical (unpaired) electrons. The molecule has 9 heteroatoms. The minimum atomic E-state index is -3.87.